The minimum absolute atomic E-state index is 0.0718. The Morgan fingerprint density at radius 1 is 1.06 bits per heavy atom. The summed E-state index contributed by atoms with van der Waals surface area (Å²) in [7, 11) is -0.184. The average Bonchev–Trinajstić information content (AvgIpc) is 3.18. The highest BCUT2D eigenvalue weighted by atomic mass is 32.2. The Hall–Kier alpha value is -2.51. The third-order valence-corrected chi connectivity index (χ3v) is 9.43. The van der Waals surface area contributed by atoms with E-state index < -0.39 is 10.0 Å². The number of sulfonamides is 1. The molecular weight excluding hydrogens is 436 g/mol. The lowest BCUT2D eigenvalue weighted by Gasteiger charge is -2.50. The van der Waals surface area contributed by atoms with E-state index >= 15 is 0 Å². The molecule has 4 atom stereocenters. The second-order valence-electron chi connectivity index (χ2n) is 9.67. The van der Waals surface area contributed by atoms with Gasteiger partial charge in [-0.15, -0.1) is 4.83 Å². The number of hydrazine groups is 1. The number of methoxy groups -OCH3 is 2. The van der Waals surface area contributed by atoms with Crippen LogP contribution in [-0.2, 0) is 16.4 Å². The second-order valence-corrected chi connectivity index (χ2v) is 11.4. The van der Waals surface area contributed by atoms with Crippen molar-refractivity contribution in [1.82, 2.24) is 10.3 Å². The first-order chi connectivity index (χ1) is 15.9. The van der Waals surface area contributed by atoms with Gasteiger partial charge in [-0.1, -0.05) is 31.2 Å². The predicted molar refractivity (Wildman–Crippen MR) is 128 cm³/mol. The van der Waals surface area contributed by atoms with Gasteiger partial charge in [-0.3, -0.25) is 0 Å². The first kappa shape index (κ1) is 22.3. The molecule has 0 saturated heterocycles. The van der Waals surface area contributed by atoms with Crippen LogP contribution in [0.4, 0.5) is 0 Å². The van der Waals surface area contributed by atoms with Crippen LogP contribution in [0, 0.1) is 17.3 Å². The Labute approximate surface area is 196 Å². The van der Waals surface area contributed by atoms with Gasteiger partial charge in [-0.05, 0) is 73.6 Å². The summed E-state index contributed by atoms with van der Waals surface area (Å²) in [5.74, 6) is 3.26. The Morgan fingerprint density at radius 2 is 1.85 bits per heavy atom. The van der Waals surface area contributed by atoms with Crippen molar-refractivity contribution in [2.75, 3.05) is 14.2 Å². The van der Waals surface area contributed by atoms with Crippen LogP contribution in [-0.4, -0.2) is 22.6 Å². The molecule has 2 aromatic carbocycles. The number of ether oxygens (including phenoxy) is 2. The third kappa shape index (κ3) is 3.71. The van der Waals surface area contributed by atoms with E-state index in [1.807, 2.05) is 12.1 Å². The molecule has 176 valence electrons. The molecule has 7 heteroatoms. The van der Waals surface area contributed by atoms with E-state index in [1.54, 1.807) is 38.5 Å². The summed E-state index contributed by atoms with van der Waals surface area (Å²) in [5.41, 5.74) is 6.71. The number of hydrogen-bond donors (Lipinski definition) is 2. The molecule has 3 aliphatic rings. The lowest BCUT2D eigenvalue weighted by molar-refractivity contribution is 0.0693. The van der Waals surface area contributed by atoms with Crippen molar-refractivity contribution < 1.29 is 17.9 Å². The van der Waals surface area contributed by atoms with E-state index in [9.17, 15) is 8.42 Å². The zero-order chi connectivity index (χ0) is 23.2. The zero-order valence-electron chi connectivity index (χ0n) is 19.4. The topological polar surface area (TPSA) is 76.7 Å². The monoisotopic (exact) mass is 468 g/mol. The molecule has 0 amide bonds. The molecule has 1 fully saturated rings. The number of benzene rings is 2. The molecule has 2 N–H and O–H groups in total. The smallest absolute Gasteiger partial charge is 0.257 e. The van der Waals surface area contributed by atoms with Gasteiger partial charge in [0.25, 0.3) is 10.0 Å². The number of allylic oxidation sites excluding steroid dienone is 2. The van der Waals surface area contributed by atoms with Gasteiger partial charge in [0.15, 0.2) is 0 Å². The maximum absolute atomic E-state index is 12.7. The number of hydrogen-bond acceptors (Lipinski definition) is 5. The lowest BCUT2D eigenvalue weighted by Crippen LogP contribution is -2.46. The highest BCUT2D eigenvalue weighted by Crippen LogP contribution is 2.61. The van der Waals surface area contributed by atoms with Gasteiger partial charge in [-0.2, -0.15) is 0 Å². The van der Waals surface area contributed by atoms with Crippen LogP contribution in [0.15, 0.2) is 59.1 Å². The molecule has 0 bridgehead atoms. The second kappa shape index (κ2) is 8.37. The van der Waals surface area contributed by atoms with Gasteiger partial charge in [0, 0.05) is 22.7 Å². The van der Waals surface area contributed by atoms with Crippen LogP contribution in [0.3, 0.4) is 0 Å². The molecule has 2 aromatic rings. The van der Waals surface area contributed by atoms with Crippen molar-refractivity contribution >= 4 is 10.0 Å². The summed E-state index contributed by atoms with van der Waals surface area (Å²) in [6.45, 7) is 2.29. The molecule has 0 heterocycles. The quantitative estimate of drug-likeness (QED) is 0.609. The van der Waals surface area contributed by atoms with E-state index in [1.165, 1.54) is 11.1 Å². The van der Waals surface area contributed by atoms with Gasteiger partial charge in [0.1, 0.15) is 11.5 Å². The molecule has 0 radical (unpaired) electrons. The minimum atomic E-state index is -3.62. The minimum Gasteiger partial charge on any atom is -0.497 e. The summed E-state index contributed by atoms with van der Waals surface area (Å²) in [6.07, 6.45) is 7.35. The first-order valence-electron chi connectivity index (χ1n) is 11.7. The van der Waals surface area contributed by atoms with E-state index in [2.05, 4.69) is 29.3 Å². The summed E-state index contributed by atoms with van der Waals surface area (Å²) in [4.78, 5) is 2.87. The predicted octanol–water partition coefficient (Wildman–Crippen LogP) is 4.54. The van der Waals surface area contributed by atoms with Gasteiger partial charge < -0.3 is 14.9 Å². The zero-order valence-corrected chi connectivity index (χ0v) is 20.2. The molecule has 1 saturated carbocycles. The van der Waals surface area contributed by atoms with Crippen molar-refractivity contribution in [2.24, 2.45) is 17.3 Å². The van der Waals surface area contributed by atoms with Crippen molar-refractivity contribution in [3.05, 3.63) is 65.4 Å². The summed E-state index contributed by atoms with van der Waals surface area (Å²) in [5, 5.41) is 0. The Bertz CT molecular complexity index is 1160. The van der Waals surface area contributed by atoms with E-state index in [4.69, 9.17) is 9.47 Å². The van der Waals surface area contributed by atoms with Gasteiger partial charge >= 0.3 is 0 Å². The van der Waals surface area contributed by atoms with E-state index in [-0.39, 0.29) is 10.3 Å². The highest BCUT2D eigenvalue weighted by molar-refractivity contribution is 7.89. The van der Waals surface area contributed by atoms with Gasteiger partial charge in [-0.25, -0.2) is 8.42 Å². The number of fused-ring (bicyclic) bond motifs is 5. The summed E-state index contributed by atoms with van der Waals surface area (Å²) < 4.78 is 36.7. The highest BCUT2D eigenvalue weighted by Gasteiger charge is 2.52. The maximum atomic E-state index is 12.7. The number of nitrogens with one attached hydrogen (secondary N) is 2. The van der Waals surface area contributed by atoms with Crippen molar-refractivity contribution in [2.45, 2.75) is 49.8 Å². The SMILES string of the molecule is COc1cc2c(c(OC)c1)[C@H]1CC[C@]3(C)C(NNS(=O)(=O)c4ccccc4)=CC[C@H]3[C@@H]1CC2. The fourth-order valence-corrected chi connectivity index (χ4v) is 7.36. The van der Waals surface area contributed by atoms with Crippen molar-refractivity contribution in [1.29, 1.82) is 0 Å². The molecule has 3 aliphatic carbocycles. The van der Waals surface area contributed by atoms with Crippen LogP contribution >= 0.6 is 0 Å². The summed E-state index contributed by atoms with van der Waals surface area (Å²) in [6, 6.07) is 12.6. The molecule has 0 spiro atoms. The van der Waals surface area contributed by atoms with Crippen molar-refractivity contribution in [3.8, 4) is 11.5 Å². The van der Waals surface area contributed by atoms with Crippen LogP contribution in [0.5, 0.6) is 11.5 Å². The Morgan fingerprint density at radius 3 is 2.58 bits per heavy atom. The van der Waals surface area contributed by atoms with Crippen LogP contribution in [0.1, 0.15) is 49.7 Å². The third-order valence-electron chi connectivity index (χ3n) is 8.17. The van der Waals surface area contributed by atoms with Gasteiger partial charge in [0.05, 0.1) is 19.1 Å². The lowest BCUT2D eigenvalue weighted by atomic mass is 9.55. The summed E-state index contributed by atoms with van der Waals surface area (Å²) >= 11 is 0. The normalized spacial score (nSPS) is 28.2. The van der Waals surface area contributed by atoms with Crippen LogP contribution < -0.4 is 19.7 Å². The molecule has 6 nitrogen and oxygen atoms in total. The fraction of sp³-hybridized carbons (Fsp3) is 0.462. The molecule has 33 heavy (non-hydrogen) atoms. The Kier molecular flexibility index (Phi) is 5.65. The maximum Gasteiger partial charge on any atom is 0.257 e. The molecule has 0 unspecified atom stereocenters. The Balaban J connectivity index is 1.36. The average molecular weight is 469 g/mol. The number of rotatable bonds is 6. The van der Waals surface area contributed by atoms with Gasteiger partial charge in [0.2, 0.25) is 0 Å². The van der Waals surface area contributed by atoms with Crippen LogP contribution in [0.25, 0.3) is 0 Å². The number of aryl methyl sites for hydroxylation is 1. The van der Waals surface area contributed by atoms with Crippen LogP contribution in [0.2, 0.25) is 0 Å². The molecule has 0 aliphatic heterocycles. The first-order valence-corrected chi connectivity index (χ1v) is 13.1. The van der Waals surface area contributed by atoms with E-state index in [0.717, 1.165) is 49.3 Å². The molecule has 5 rings (SSSR count). The largest absolute Gasteiger partial charge is 0.497 e. The fourth-order valence-electron chi connectivity index (χ4n) is 6.48. The standard InChI is InChI=1S/C26H32N2O4S/c1-26-14-13-21-20(10-9-17-15-18(31-2)16-23(32-3)25(17)21)22(26)11-12-24(26)27-28-33(29,30)19-7-5-4-6-8-19/h4-8,12,15-16,20-22,27-28H,9-11,13-14H2,1-3H3/t20-,21+,22+,26+/m1/s1. The molecule has 0 aromatic heterocycles. The molecular formula is C26H32N2O4S. The van der Waals surface area contributed by atoms with Crippen molar-refractivity contribution in [3.63, 3.8) is 0 Å². The van der Waals surface area contributed by atoms with E-state index in [0.29, 0.717) is 17.8 Å².